The third-order valence-electron chi connectivity index (χ3n) is 3.40. The van der Waals surface area contributed by atoms with Crippen LogP contribution in [0.25, 0.3) is 11.3 Å². The van der Waals surface area contributed by atoms with Gasteiger partial charge in [0.05, 0.1) is 17.1 Å². The summed E-state index contributed by atoms with van der Waals surface area (Å²) < 4.78 is 15.0. The van der Waals surface area contributed by atoms with E-state index in [0.717, 1.165) is 27.5 Å². The fraction of sp³-hybridized carbons (Fsp3) is 0.167. The molecule has 0 N–H and O–H groups in total. The Balaban J connectivity index is 2.13. The number of rotatable bonds is 4. The molecule has 0 aliphatic rings. The van der Waals surface area contributed by atoms with Gasteiger partial charge in [0, 0.05) is 23.7 Å². The van der Waals surface area contributed by atoms with E-state index in [0.29, 0.717) is 6.54 Å². The molecule has 0 spiro atoms. The van der Waals surface area contributed by atoms with Crippen molar-refractivity contribution in [2.75, 3.05) is 6.54 Å². The number of nitrogens with zero attached hydrogens (tertiary/aromatic N) is 4. The second kappa shape index (κ2) is 7.31. The lowest BCUT2D eigenvalue weighted by atomic mass is 10.2. The highest BCUT2D eigenvalue weighted by molar-refractivity contribution is 7.07. The Morgan fingerprint density at radius 2 is 2.00 bits per heavy atom. The van der Waals surface area contributed by atoms with E-state index in [2.05, 4.69) is 9.98 Å². The fourth-order valence-corrected chi connectivity index (χ4v) is 3.13. The van der Waals surface area contributed by atoms with Crippen LogP contribution in [-0.2, 0) is 0 Å². The summed E-state index contributed by atoms with van der Waals surface area (Å²) in [5.74, 6) is -0.257. The van der Waals surface area contributed by atoms with Crippen LogP contribution < -0.4 is 4.80 Å². The maximum atomic E-state index is 13.2. The standard InChI is InChI=1S/C18H17FN4S/c1-3-20-18-23(22-13(2)16-6-4-5-11-21-16)17(12-24-18)14-7-9-15(19)10-8-14/h4-12H,3H2,1-2H3. The molecular weight excluding hydrogens is 323 g/mol. The van der Waals surface area contributed by atoms with Gasteiger partial charge in [-0.1, -0.05) is 6.07 Å². The van der Waals surface area contributed by atoms with Crippen molar-refractivity contribution >= 4 is 17.0 Å². The van der Waals surface area contributed by atoms with Crippen molar-refractivity contribution in [3.8, 4) is 11.3 Å². The van der Waals surface area contributed by atoms with E-state index in [9.17, 15) is 4.39 Å². The van der Waals surface area contributed by atoms with Crippen molar-refractivity contribution in [3.63, 3.8) is 0 Å². The summed E-state index contributed by atoms with van der Waals surface area (Å²) in [6.07, 6.45) is 1.74. The lowest BCUT2D eigenvalue weighted by Crippen LogP contribution is -2.14. The molecule has 0 saturated carbocycles. The van der Waals surface area contributed by atoms with Crippen LogP contribution in [0.2, 0.25) is 0 Å². The first-order valence-corrected chi connectivity index (χ1v) is 8.51. The van der Waals surface area contributed by atoms with Crippen molar-refractivity contribution in [2.24, 2.45) is 10.1 Å². The Morgan fingerprint density at radius 3 is 2.67 bits per heavy atom. The maximum absolute atomic E-state index is 13.2. The van der Waals surface area contributed by atoms with Crippen LogP contribution >= 0.6 is 11.3 Å². The molecule has 0 fully saturated rings. The molecule has 4 nitrogen and oxygen atoms in total. The maximum Gasteiger partial charge on any atom is 0.206 e. The summed E-state index contributed by atoms with van der Waals surface area (Å²) in [5.41, 5.74) is 3.36. The summed E-state index contributed by atoms with van der Waals surface area (Å²) in [7, 11) is 0. The van der Waals surface area contributed by atoms with Gasteiger partial charge in [-0.3, -0.25) is 9.98 Å². The van der Waals surface area contributed by atoms with Crippen LogP contribution in [0.4, 0.5) is 4.39 Å². The minimum absolute atomic E-state index is 0.257. The van der Waals surface area contributed by atoms with Crippen molar-refractivity contribution < 1.29 is 4.39 Å². The van der Waals surface area contributed by atoms with E-state index < -0.39 is 0 Å². The summed E-state index contributed by atoms with van der Waals surface area (Å²) in [6.45, 7) is 4.57. The molecule has 2 aromatic heterocycles. The number of benzene rings is 1. The Hall–Kier alpha value is -2.60. The van der Waals surface area contributed by atoms with Crippen molar-refractivity contribution in [1.82, 2.24) is 9.66 Å². The third-order valence-corrected chi connectivity index (χ3v) is 4.26. The van der Waals surface area contributed by atoms with Crippen LogP contribution in [-0.4, -0.2) is 21.9 Å². The molecule has 2 heterocycles. The first-order valence-electron chi connectivity index (χ1n) is 7.63. The Labute approximate surface area is 143 Å². The minimum atomic E-state index is -0.257. The SMILES string of the molecule is CCN=c1scc(-c2ccc(F)cc2)n1N=C(C)c1ccccn1. The molecule has 3 rings (SSSR count). The lowest BCUT2D eigenvalue weighted by molar-refractivity contribution is 0.628. The molecule has 3 aromatic rings. The van der Waals surface area contributed by atoms with Gasteiger partial charge in [-0.05, 0) is 50.2 Å². The highest BCUT2D eigenvalue weighted by Gasteiger charge is 2.09. The number of thiazole rings is 1. The molecule has 0 atom stereocenters. The zero-order chi connectivity index (χ0) is 16.9. The normalized spacial score (nSPS) is 12.6. The predicted molar refractivity (Wildman–Crippen MR) is 95.7 cm³/mol. The first kappa shape index (κ1) is 16.3. The average molecular weight is 340 g/mol. The van der Waals surface area contributed by atoms with Gasteiger partial charge in [0.2, 0.25) is 4.80 Å². The minimum Gasteiger partial charge on any atom is -0.258 e. The van der Waals surface area contributed by atoms with Gasteiger partial charge in [0.1, 0.15) is 5.82 Å². The van der Waals surface area contributed by atoms with Crippen LogP contribution in [0.15, 0.2) is 64.1 Å². The van der Waals surface area contributed by atoms with Crippen LogP contribution in [0.1, 0.15) is 19.5 Å². The van der Waals surface area contributed by atoms with Gasteiger partial charge in [0.15, 0.2) is 0 Å². The molecule has 0 aliphatic carbocycles. The van der Waals surface area contributed by atoms with Crippen LogP contribution in [0, 0.1) is 5.82 Å². The van der Waals surface area contributed by atoms with E-state index >= 15 is 0 Å². The van der Waals surface area contributed by atoms with E-state index in [-0.39, 0.29) is 5.82 Å². The molecule has 0 bridgehead atoms. The Kier molecular flexibility index (Phi) is 4.96. The lowest BCUT2D eigenvalue weighted by Gasteiger charge is -2.06. The molecule has 0 radical (unpaired) electrons. The van der Waals surface area contributed by atoms with Crippen molar-refractivity contribution in [2.45, 2.75) is 13.8 Å². The van der Waals surface area contributed by atoms with Crippen LogP contribution in [0.3, 0.4) is 0 Å². The van der Waals surface area contributed by atoms with E-state index in [1.807, 2.05) is 37.4 Å². The van der Waals surface area contributed by atoms with E-state index in [1.165, 1.54) is 23.5 Å². The molecule has 24 heavy (non-hydrogen) atoms. The highest BCUT2D eigenvalue weighted by Crippen LogP contribution is 2.20. The number of halogens is 1. The largest absolute Gasteiger partial charge is 0.258 e. The monoisotopic (exact) mass is 340 g/mol. The van der Waals surface area contributed by atoms with Gasteiger partial charge in [-0.15, -0.1) is 11.3 Å². The smallest absolute Gasteiger partial charge is 0.206 e. The summed E-state index contributed by atoms with van der Waals surface area (Å²) in [6, 6.07) is 12.1. The highest BCUT2D eigenvalue weighted by atomic mass is 32.1. The third kappa shape index (κ3) is 3.49. The molecule has 0 aliphatic heterocycles. The number of aromatic nitrogens is 2. The Morgan fingerprint density at radius 1 is 1.21 bits per heavy atom. The topological polar surface area (TPSA) is 42.5 Å². The van der Waals surface area contributed by atoms with Gasteiger partial charge < -0.3 is 0 Å². The fourth-order valence-electron chi connectivity index (χ4n) is 2.24. The zero-order valence-corrected chi connectivity index (χ0v) is 14.3. The number of pyridine rings is 1. The zero-order valence-electron chi connectivity index (χ0n) is 13.5. The molecular formula is C18H17FN4S. The number of hydrogen-bond acceptors (Lipinski definition) is 4. The molecule has 122 valence electrons. The summed E-state index contributed by atoms with van der Waals surface area (Å²) >= 11 is 1.51. The second-order valence-electron chi connectivity index (χ2n) is 5.10. The second-order valence-corrected chi connectivity index (χ2v) is 5.93. The average Bonchev–Trinajstić information content (AvgIpc) is 2.99. The van der Waals surface area contributed by atoms with Gasteiger partial charge in [-0.2, -0.15) is 5.10 Å². The molecule has 0 saturated heterocycles. The van der Waals surface area contributed by atoms with Gasteiger partial charge >= 0.3 is 0 Å². The van der Waals surface area contributed by atoms with Crippen molar-refractivity contribution in [1.29, 1.82) is 0 Å². The molecule has 1 aromatic carbocycles. The van der Waals surface area contributed by atoms with E-state index in [4.69, 9.17) is 5.10 Å². The van der Waals surface area contributed by atoms with Crippen LogP contribution in [0.5, 0.6) is 0 Å². The van der Waals surface area contributed by atoms with Crippen molar-refractivity contribution in [3.05, 3.63) is 70.4 Å². The number of hydrogen-bond donors (Lipinski definition) is 0. The van der Waals surface area contributed by atoms with E-state index in [1.54, 1.807) is 23.0 Å². The molecule has 0 amide bonds. The predicted octanol–water partition coefficient (Wildman–Crippen LogP) is 3.94. The Bertz CT molecular complexity index is 908. The quantitative estimate of drug-likeness (QED) is 0.663. The molecule has 0 unspecified atom stereocenters. The first-order chi connectivity index (χ1) is 11.7. The summed E-state index contributed by atoms with van der Waals surface area (Å²) in [5, 5.41) is 6.68. The van der Waals surface area contributed by atoms with Gasteiger partial charge in [0.25, 0.3) is 0 Å². The molecule has 6 heteroatoms. The summed E-state index contributed by atoms with van der Waals surface area (Å²) in [4.78, 5) is 9.62. The van der Waals surface area contributed by atoms with Gasteiger partial charge in [-0.25, -0.2) is 9.07 Å².